The van der Waals surface area contributed by atoms with E-state index in [1.807, 2.05) is 0 Å². The average Bonchev–Trinajstić information content (AvgIpc) is 3.62. The number of urea groups is 1. The summed E-state index contributed by atoms with van der Waals surface area (Å²) in [6, 6.07) is 8.49. The van der Waals surface area contributed by atoms with Crippen LogP contribution in [0.5, 0.6) is 0 Å². The number of nitrogens with one attached hydrogen (secondary N) is 3. The summed E-state index contributed by atoms with van der Waals surface area (Å²) in [5, 5.41) is 4.33. The molecule has 15 heteroatoms. The van der Waals surface area contributed by atoms with Gasteiger partial charge in [-0.25, -0.2) is 13.2 Å². The van der Waals surface area contributed by atoms with E-state index >= 15 is 0 Å². The first-order valence-electron chi connectivity index (χ1n) is 10.6. The Kier molecular flexibility index (Phi) is 8.22. The fourth-order valence-corrected chi connectivity index (χ4v) is 6.11. The minimum Gasteiger partial charge on any atom is -0.336 e. The molecule has 2 amide bonds. The Morgan fingerprint density at radius 1 is 0.972 bits per heavy atom. The summed E-state index contributed by atoms with van der Waals surface area (Å²) < 4.78 is 87.3. The summed E-state index contributed by atoms with van der Waals surface area (Å²) in [7, 11) is -13.2. The van der Waals surface area contributed by atoms with E-state index in [4.69, 9.17) is 0 Å². The van der Waals surface area contributed by atoms with Crippen LogP contribution in [-0.2, 0) is 34.5 Å². The lowest BCUT2D eigenvalue weighted by molar-refractivity contribution is 0.250. The molecule has 0 saturated heterocycles. The highest BCUT2D eigenvalue weighted by Gasteiger charge is 2.37. The van der Waals surface area contributed by atoms with Crippen molar-refractivity contribution in [2.45, 2.75) is 47.8 Å². The topological polar surface area (TPSA) is 185 Å². The zero-order valence-corrected chi connectivity index (χ0v) is 21.7. The van der Waals surface area contributed by atoms with Crippen LogP contribution in [0.15, 0.2) is 52.3 Å². The molecule has 0 spiro atoms. The minimum absolute atomic E-state index is 0.00475. The Balaban J connectivity index is 1.89. The largest absolute Gasteiger partial charge is 0.336 e. The molecule has 0 heterocycles. The first-order chi connectivity index (χ1) is 16.7. The molecule has 2 aromatic rings. The Morgan fingerprint density at radius 2 is 1.58 bits per heavy atom. The molecule has 0 aliphatic heterocycles. The zero-order chi connectivity index (χ0) is 26.7. The van der Waals surface area contributed by atoms with E-state index in [1.165, 1.54) is 48.6 Å². The number of anilines is 1. The summed E-state index contributed by atoms with van der Waals surface area (Å²) in [4.78, 5) is 12.6. The standard InChI is InChI=1S/C21H25N3O9S3/c1-14(2)22-21(25)23-17-10-9-16(20(13-17)35(28,29)30)8-7-15-5-3-4-6-19(15)36(31,32)33-24-34(26,27)18-11-12-18/h3-10,13-14,18,24H,11-12H2,1-2H3,(H2,22,23,25)(H,28,29,30). The number of carbonyl (C=O) groups is 1. The second kappa shape index (κ2) is 10.7. The van der Waals surface area contributed by atoms with Crippen molar-refractivity contribution in [2.75, 3.05) is 5.32 Å². The molecular formula is C21H25N3O9S3. The number of hydrogen-bond donors (Lipinski definition) is 4. The molecular weight excluding hydrogens is 534 g/mol. The molecule has 4 N–H and O–H groups in total. The maximum atomic E-state index is 12.6. The van der Waals surface area contributed by atoms with Crippen LogP contribution in [0.2, 0.25) is 0 Å². The van der Waals surface area contributed by atoms with Crippen molar-refractivity contribution in [1.82, 2.24) is 10.2 Å². The third-order valence-electron chi connectivity index (χ3n) is 4.82. The molecule has 0 radical (unpaired) electrons. The lowest BCUT2D eigenvalue weighted by atomic mass is 10.1. The van der Waals surface area contributed by atoms with Crippen LogP contribution >= 0.6 is 0 Å². The third-order valence-corrected chi connectivity index (χ3v) is 8.72. The number of amides is 2. The second-order valence-corrected chi connectivity index (χ2v) is 13.0. The van der Waals surface area contributed by atoms with Crippen LogP contribution in [0.4, 0.5) is 10.5 Å². The highest BCUT2D eigenvalue weighted by molar-refractivity contribution is 7.91. The van der Waals surface area contributed by atoms with Crippen molar-refractivity contribution < 1.29 is 38.9 Å². The fourth-order valence-electron chi connectivity index (χ4n) is 3.01. The average molecular weight is 560 g/mol. The molecule has 36 heavy (non-hydrogen) atoms. The van der Waals surface area contributed by atoms with Gasteiger partial charge in [-0.05, 0) is 56.0 Å². The molecule has 3 rings (SSSR count). The highest BCUT2D eigenvalue weighted by atomic mass is 32.2. The van der Waals surface area contributed by atoms with E-state index in [9.17, 15) is 34.6 Å². The predicted octanol–water partition coefficient (Wildman–Crippen LogP) is 2.34. The van der Waals surface area contributed by atoms with Gasteiger partial charge in [-0.15, -0.1) is 0 Å². The van der Waals surface area contributed by atoms with Crippen LogP contribution < -0.4 is 15.5 Å². The number of sulfonamides is 1. The molecule has 196 valence electrons. The monoisotopic (exact) mass is 559 g/mol. The Bertz CT molecular complexity index is 1500. The highest BCUT2D eigenvalue weighted by Crippen LogP contribution is 2.28. The summed E-state index contributed by atoms with van der Waals surface area (Å²) in [6.07, 6.45) is 3.31. The smallest absolute Gasteiger partial charge is 0.319 e. The molecule has 0 bridgehead atoms. The van der Waals surface area contributed by atoms with Gasteiger partial charge in [0.1, 0.15) is 9.79 Å². The van der Waals surface area contributed by atoms with Crippen molar-refractivity contribution in [1.29, 1.82) is 0 Å². The molecule has 1 aliphatic carbocycles. The van der Waals surface area contributed by atoms with Gasteiger partial charge in [0.15, 0.2) is 0 Å². The number of benzene rings is 2. The van der Waals surface area contributed by atoms with Crippen LogP contribution in [0.3, 0.4) is 0 Å². The van der Waals surface area contributed by atoms with E-state index in [0.717, 1.165) is 6.07 Å². The fraction of sp³-hybridized carbons (Fsp3) is 0.286. The van der Waals surface area contributed by atoms with Gasteiger partial charge < -0.3 is 10.6 Å². The Hall–Kier alpha value is -2.82. The van der Waals surface area contributed by atoms with E-state index < -0.39 is 46.4 Å². The maximum Gasteiger partial charge on any atom is 0.319 e. The van der Waals surface area contributed by atoms with Crippen molar-refractivity contribution >= 4 is 54.1 Å². The Morgan fingerprint density at radius 3 is 2.17 bits per heavy atom. The summed E-state index contributed by atoms with van der Waals surface area (Å²) in [5.41, 5.74) is 0.148. The molecule has 0 atom stereocenters. The van der Waals surface area contributed by atoms with Gasteiger partial charge in [0.25, 0.3) is 10.1 Å². The molecule has 1 fully saturated rings. The van der Waals surface area contributed by atoms with Gasteiger partial charge >= 0.3 is 16.1 Å². The van der Waals surface area contributed by atoms with Crippen LogP contribution in [0, 0.1) is 0 Å². The zero-order valence-electron chi connectivity index (χ0n) is 19.2. The van der Waals surface area contributed by atoms with Crippen molar-refractivity contribution in [3.8, 4) is 0 Å². The van der Waals surface area contributed by atoms with Crippen molar-refractivity contribution in [3.05, 3.63) is 53.6 Å². The van der Waals surface area contributed by atoms with Gasteiger partial charge in [-0.2, -0.15) is 21.1 Å². The number of rotatable bonds is 10. The van der Waals surface area contributed by atoms with E-state index in [0.29, 0.717) is 12.8 Å². The van der Waals surface area contributed by atoms with Gasteiger partial charge in [0.2, 0.25) is 10.0 Å². The normalized spacial score (nSPS) is 14.8. The van der Waals surface area contributed by atoms with Gasteiger partial charge in [-0.1, -0.05) is 41.3 Å². The quantitative estimate of drug-likeness (QED) is 0.193. The number of carbonyl (C=O) groups excluding carboxylic acids is 1. The predicted molar refractivity (Wildman–Crippen MR) is 132 cm³/mol. The first-order valence-corrected chi connectivity index (χ1v) is 15.0. The molecule has 1 saturated carbocycles. The SMILES string of the molecule is CC(C)NC(=O)Nc1ccc(C=Cc2ccccc2S(=O)(=O)ONS(=O)(=O)C2CC2)c(S(=O)(=O)O)c1. The number of hydrogen-bond acceptors (Lipinski definition) is 8. The van der Waals surface area contributed by atoms with Gasteiger partial charge in [0, 0.05) is 11.7 Å². The Labute approximate surface area is 209 Å². The molecule has 0 unspecified atom stereocenters. The lowest BCUT2D eigenvalue weighted by Crippen LogP contribution is -2.34. The summed E-state index contributed by atoms with van der Waals surface area (Å²) in [6.45, 7) is 3.48. The maximum absolute atomic E-state index is 12.6. The summed E-state index contributed by atoms with van der Waals surface area (Å²) in [5.74, 6) is 0. The van der Waals surface area contributed by atoms with Crippen LogP contribution in [0.1, 0.15) is 37.8 Å². The van der Waals surface area contributed by atoms with Gasteiger partial charge in [-0.3, -0.25) is 4.55 Å². The van der Waals surface area contributed by atoms with Crippen molar-refractivity contribution in [3.63, 3.8) is 0 Å². The molecule has 2 aromatic carbocycles. The molecule has 12 nitrogen and oxygen atoms in total. The third kappa shape index (κ3) is 7.35. The van der Waals surface area contributed by atoms with Crippen molar-refractivity contribution in [2.24, 2.45) is 0 Å². The van der Waals surface area contributed by atoms with E-state index in [1.54, 1.807) is 18.7 Å². The lowest BCUT2D eigenvalue weighted by Gasteiger charge is -2.12. The van der Waals surface area contributed by atoms with Crippen LogP contribution in [0.25, 0.3) is 12.2 Å². The van der Waals surface area contributed by atoms with E-state index in [-0.39, 0.29) is 27.8 Å². The first kappa shape index (κ1) is 27.8. The second-order valence-electron chi connectivity index (χ2n) is 8.22. The molecule has 0 aromatic heterocycles. The van der Waals surface area contributed by atoms with E-state index in [2.05, 4.69) is 14.9 Å². The minimum atomic E-state index is -4.73. The summed E-state index contributed by atoms with van der Waals surface area (Å²) >= 11 is 0. The van der Waals surface area contributed by atoms with Gasteiger partial charge in [0.05, 0.1) is 5.25 Å². The van der Waals surface area contributed by atoms with Crippen LogP contribution in [-0.4, -0.2) is 47.1 Å². The molecule has 1 aliphatic rings.